The molecule has 0 saturated heterocycles. The number of nitrogens with zero attached hydrogens (tertiary/aromatic N) is 1. The Balaban J connectivity index is 3.33. The van der Waals surface area contributed by atoms with Crippen molar-refractivity contribution in [2.75, 3.05) is 0 Å². The molecular formula is C12H16N2O. The van der Waals surface area contributed by atoms with E-state index in [9.17, 15) is 4.79 Å². The molecule has 0 aromatic carbocycles. The Bertz CT molecular complexity index is 455. The predicted octanol–water partition coefficient (Wildman–Crippen LogP) is 1.43. The lowest BCUT2D eigenvalue weighted by molar-refractivity contribution is 0.844. The topological polar surface area (TPSA) is 48.0 Å². The summed E-state index contributed by atoms with van der Waals surface area (Å²) in [7, 11) is 1.72. The number of hydrogen-bond acceptors (Lipinski definition) is 2. The largest absolute Gasteiger partial charge is 0.326 e. The van der Waals surface area contributed by atoms with Gasteiger partial charge in [0.25, 0.3) is 5.56 Å². The van der Waals surface area contributed by atoms with Crippen molar-refractivity contribution in [1.82, 2.24) is 4.57 Å². The van der Waals surface area contributed by atoms with Gasteiger partial charge in [0.15, 0.2) is 0 Å². The fourth-order valence-electron chi connectivity index (χ4n) is 1.42. The van der Waals surface area contributed by atoms with E-state index in [4.69, 9.17) is 5.73 Å². The summed E-state index contributed by atoms with van der Waals surface area (Å²) in [4.78, 5) is 11.4. The Morgan fingerprint density at radius 3 is 2.87 bits per heavy atom. The van der Waals surface area contributed by atoms with Gasteiger partial charge in [0.1, 0.15) is 0 Å². The number of aryl methyl sites for hydroxylation is 1. The van der Waals surface area contributed by atoms with Crippen molar-refractivity contribution in [1.29, 1.82) is 0 Å². The fraction of sp³-hybridized carbons (Fsp3) is 0.250. The van der Waals surface area contributed by atoms with Gasteiger partial charge in [0.2, 0.25) is 0 Å². The van der Waals surface area contributed by atoms with Crippen LogP contribution < -0.4 is 11.3 Å². The Hall–Kier alpha value is -1.61. The van der Waals surface area contributed by atoms with E-state index in [0.717, 1.165) is 16.7 Å². The summed E-state index contributed by atoms with van der Waals surface area (Å²) in [6.07, 6.45) is 5.58. The van der Waals surface area contributed by atoms with Gasteiger partial charge in [-0.15, -0.1) is 0 Å². The van der Waals surface area contributed by atoms with Crippen LogP contribution in [0.25, 0.3) is 5.57 Å². The summed E-state index contributed by atoms with van der Waals surface area (Å²) < 4.78 is 1.53. The molecule has 0 fully saturated rings. The Labute approximate surface area is 89.5 Å². The quantitative estimate of drug-likeness (QED) is 0.757. The van der Waals surface area contributed by atoms with E-state index in [1.54, 1.807) is 19.3 Å². The van der Waals surface area contributed by atoms with Crippen LogP contribution in [0, 0.1) is 0 Å². The zero-order valence-electron chi connectivity index (χ0n) is 9.16. The number of rotatable bonds is 3. The Morgan fingerprint density at radius 2 is 2.33 bits per heavy atom. The normalized spacial score (nSPS) is 10.9. The van der Waals surface area contributed by atoms with Crippen molar-refractivity contribution in [2.45, 2.75) is 13.5 Å². The predicted molar refractivity (Wildman–Crippen MR) is 63.4 cm³/mol. The molecule has 1 aromatic rings. The third-order valence-corrected chi connectivity index (χ3v) is 2.25. The summed E-state index contributed by atoms with van der Waals surface area (Å²) in [6.45, 7) is 6.21. The smallest absolute Gasteiger partial charge is 0.250 e. The van der Waals surface area contributed by atoms with Crippen LogP contribution in [-0.2, 0) is 13.6 Å². The lowest BCUT2D eigenvalue weighted by atomic mass is 10.0. The molecule has 0 bridgehead atoms. The highest BCUT2D eigenvalue weighted by atomic mass is 16.1. The molecule has 1 aromatic heterocycles. The van der Waals surface area contributed by atoms with Crippen LogP contribution in [0.1, 0.15) is 18.1 Å². The van der Waals surface area contributed by atoms with E-state index in [-0.39, 0.29) is 5.56 Å². The van der Waals surface area contributed by atoms with E-state index in [1.165, 1.54) is 4.57 Å². The van der Waals surface area contributed by atoms with Gasteiger partial charge in [-0.3, -0.25) is 4.79 Å². The first-order valence-corrected chi connectivity index (χ1v) is 4.81. The number of hydrogen-bond donors (Lipinski definition) is 1. The Kier molecular flexibility index (Phi) is 3.63. The molecule has 0 radical (unpaired) electrons. The SMILES string of the molecule is C=C(/C=C\C)c1cn(C)c(=O)cc1CN. The second-order valence-electron chi connectivity index (χ2n) is 3.39. The van der Waals surface area contributed by atoms with Crippen molar-refractivity contribution < 1.29 is 0 Å². The molecule has 3 nitrogen and oxygen atoms in total. The number of pyridine rings is 1. The van der Waals surface area contributed by atoms with Crippen LogP contribution in [-0.4, -0.2) is 4.57 Å². The van der Waals surface area contributed by atoms with Gasteiger partial charge in [-0.1, -0.05) is 18.7 Å². The minimum atomic E-state index is -0.0486. The lowest BCUT2D eigenvalue weighted by Crippen LogP contribution is -2.18. The van der Waals surface area contributed by atoms with E-state index < -0.39 is 0 Å². The molecule has 1 rings (SSSR count). The van der Waals surface area contributed by atoms with Crippen molar-refractivity contribution in [3.63, 3.8) is 0 Å². The van der Waals surface area contributed by atoms with Crippen molar-refractivity contribution in [3.8, 4) is 0 Å². The second kappa shape index (κ2) is 4.75. The molecule has 0 atom stereocenters. The first kappa shape index (κ1) is 11.5. The molecule has 0 spiro atoms. The van der Waals surface area contributed by atoms with E-state index in [0.29, 0.717) is 6.54 Å². The third-order valence-electron chi connectivity index (χ3n) is 2.25. The minimum absolute atomic E-state index is 0.0486. The molecule has 0 saturated carbocycles. The van der Waals surface area contributed by atoms with Gasteiger partial charge in [0, 0.05) is 31.4 Å². The molecule has 0 aliphatic carbocycles. The molecule has 80 valence electrons. The summed E-state index contributed by atoms with van der Waals surface area (Å²) in [5.41, 5.74) is 8.17. The molecule has 15 heavy (non-hydrogen) atoms. The van der Waals surface area contributed by atoms with Crippen molar-refractivity contribution in [3.05, 3.63) is 52.5 Å². The van der Waals surface area contributed by atoms with Crippen LogP contribution in [0.5, 0.6) is 0 Å². The average Bonchev–Trinajstić information content (AvgIpc) is 2.21. The first-order valence-electron chi connectivity index (χ1n) is 4.81. The number of aromatic nitrogens is 1. The maximum Gasteiger partial charge on any atom is 0.250 e. The van der Waals surface area contributed by atoms with Gasteiger partial charge < -0.3 is 10.3 Å². The maximum absolute atomic E-state index is 11.4. The Morgan fingerprint density at radius 1 is 1.67 bits per heavy atom. The molecule has 0 aliphatic heterocycles. The van der Waals surface area contributed by atoms with E-state index in [2.05, 4.69) is 6.58 Å². The third kappa shape index (κ3) is 2.44. The van der Waals surface area contributed by atoms with Crippen molar-refractivity contribution in [2.24, 2.45) is 12.8 Å². The molecule has 3 heteroatoms. The van der Waals surface area contributed by atoms with Gasteiger partial charge >= 0.3 is 0 Å². The standard InChI is InChI=1S/C12H16N2O/c1-4-5-9(2)11-8-14(3)12(15)6-10(11)7-13/h4-6,8H,2,7,13H2,1,3H3/b5-4-. The van der Waals surface area contributed by atoms with E-state index >= 15 is 0 Å². The first-order chi connectivity index (χ1) is 7.10. The van der Waals surface area contributed by atoms with Gasteiger partial charge in [-0.2, -0.15) is 0 Å². The fourth-order valence-corrected chi connectivity index (χ4v) is 1.42. The highest BCUT2D eigenvalue weighted by Gasteiger charge is 2.05. The van der Waals surface area contributed by atoms with Gasteiger partial charge in [0.05, 0.1) is 0 Å². The average molecular weight is 204 g/mol. The highest BCUT2D eigenvalue weighted by molar-refractivity contribution is 5.73. The maximum atomic E-state index is 11.4. The van der Waals surface area contributed by atoms with Crippen LogP contribution in [0.3, 0.4) is 0 Å². The van der Waals surface area contributed by atoms with Crippen LogP contribution in [0.4, 0.5) is 0 Å². The molecular weight excluding hydrogens is 188 g/mol. The van der Waals surface area contributed by atoms with E-state index in [1.807, 2.05) is 19.1 Å². The zero-order valence-corrected chi connectivity index (χ0v) is 9.16. The summed E-state index contributed by atoms with van der Waals surface area (Å²) in [6, 6.07) is 1.56. The van der Waals surface area contributed by atoms with Gasteiger partial charge in [-0.25, -0.2) is 0 Å². The summed E-state index contributed by atoms with van der Waals surface area (Å²) in [5, 5.41) is 0. The van der Waals surface area contributed by atoms with Crippen molar-refractivity contribution >= 4 is 5.57 Å². The monoisotopic (exact) mass is 204 g/mol. The lowest BCUT2D eigenvalue weighted by Gasteiger charge is -2.09. The molecule has 1 heterocycles. The second-order valence-corrected chi connectivity index (χ2v) is 3.39. The molecule has 0 aliphatic rings. The van der Waals surface area contributed by atoms with Gasteiger partial charge in [-0.05, 0) is 18.1 Å². The summed E-state index contributed by atoms with van der Waals surface area (Å²) in [5.74, 6) is 0. The molecule has 2 N–H and O–H groups in total. The highest BCUT2D eigenvalue weighted by Crippen LogP contribution is 2.16. The number of allylic oxidation sites excluding steroid dienone is 3. The van der Waals surface area contributed by atoms with Crippen LogP contribution in [0.15, 0.2) is 35.8 Å². The number of nitrogens with two attached hydrogens (primary N) is 1. The van der Waals surface area contributed by atoms with Crippen LogP contribution in [0.2, 0.25) is 0 Å². The summed E-state index contributed by atoms with van der Waals surface area (Å²) >= 11 is 0. The van der Waals surface area contributed by atoms with Crippen LogP contribution >= 0.6 is 0 Å². The zero-order chi connectivity index (χ0) is 11.4. The molecule has 0 unspecified atom stereocenters. The molecule has 0 amide bonds. The minimum Gasteiger partial charge on any atom is -0.326 e.